The summed E-state index contributed by atoms with van der Waals surface area (Å²) in [5.41, 5.74) is 0.184. The van der Waals surface area contributed by atoms with Gasteiger partial charge in [-0.1, -0.05) is 36.1 Å². The van der Waals surface area contributed by atoms with E-state index in [1.807, 2.05) is 0 Å². The SMILES string of the molecule is O=[N+]([O-])c1ccccc1C#Cc1ccccc1[N+](=O)[O-]. The predicted octanol–water partition coefficient (Wildman–Crippen LogP) is 2.90. The third-order valence-corrected chi connectivity index (χ3v) is 2.53. The lowest BCUT2D eigenvalue weighted by molar-refractivity contribution is -0.385. The lowest BCUT2D eigenvalue weighted by Crippen LogP contribution is -1.93. The number of nitrogens with zero attached hydrogens (tertiary/aromatic N) is 2. The summed E-state index contributed by atoms with van der Waals surface area (Å²) in [4.78, 5) is 20.6. The molecule has 0 spiro atoms. The number of hydrogen-bond acceptors (Lipinski definition) is 4. The summed E-state index contributed by atoms with van der Waals surface area (Å²) >= 11 is 0. The van der Waals surface area contributed by atoms with Gasteiger partial charge in [-0.05, 0) is 12.1 Å². The monoisotopic (exact) mass is 268 g/mol. The summed E-state index contributed by atoms with van der Waals surface area (Å²) in [6.07, 6.45) is 0. The molecule has 0 amide bonds. The van der Waals surface area contributed by atoms with Crippen molar-refractivity contribution in [2.45, 2.75) is 0 Å². The zero-order valence-corrected chi connectivity index (χ0v) is 10.1. The molecule has 0 aliphatic carbocycles. The third-order valence-electron chi connectivity index (χ3n) is 2.53. The first-order valence-electron chi connectivity index (χ1n) is 5.58. The van der Waals surface area contributed by atoms with Crippen LogP contribution in [0.2, 0.25) is 0 Å². The Kier molecular flexibility index (Phi) is 3.72. The maximum Gasteiger partial charge on any atom is 0.284 e. The van der Waals surface area contributed by atoms with Crippen LogP contribution in [0.4, 0.5) is 11.4 Å². The van der Waals surface area contributed by atoms with E-state index >= 15 is 0 Å². The molecule has 0 bridgehead atoms. The molecule has 20 heavy (non-hydrogen) atoms. The Bertz CT molecular complexity index is 683. The second kappa shape index (κ2) is 5.63. The van der Waals surface area contributed by atoms with E-state index in [0.717, 1.165) is 0 Å². The number of nitro benzene ring substituents is 2. The minimum Gasteiger partial charge on any atom is -0.258 e. The first kappa shape index (κ1) is 13.2. The molecule has 0 heterocycles. The zero-order valence-electron chi connectivity index (χ0n) is 10.1. The summed E-state index contributed by atoms with van der Waals surface area (Å²) in [6.45, 7) is 0. The molecule has 6 nitrogen and oxygen atoms in total. The number of nitro groups is 2. The summed E-state index contributed by atoms with van der Waals surface area (Å²) in [7, 11) is 0. The fourth-order valence-corrected chi connectivity index (χ4v) is 1.61. The van der Waals surface area contributed by atoms with Crippen molar-refractivity contribution in [2.75, 3.05) is 0 Å². The molecule has 2 aromatic carbocycles. The molecule has 0 aliphatic heterocycles. The van der Waals surface area contributed by atoms with Crippen molar-refractivity contribution in [2.24, 2.45) is 0 Å². The highest BCUT2D eigenvalue weighted by Crippen LogP contribution is 2.19. The van der Waals surface area contributed by atoms with Crippen LogP contribution in [0.15, 0.2) is 48.5 Å². The number of rotatable bonds is 2. The Morgan fingerprint density at radius 3 is 1.40 bits per heavy atom. The van der Waals surface area contributed by atoms with Crippen LogP contribution in [0.1, 0.15) is 11.1 Å². The van der Waals surface area contributed by atoms with Gasteiger partial charge in [0.15, 0.2) is 0 Å². The van der Waals surface area contributed by atoms with Gasteiger partial charge in [0.05, 0.1) is 9.85 Å². The normalized spacial score (nSPS) is 9.40. The van der Waals surface area contributed by atoms with E-state index in [4.69, 9.17) is 0 Å². The summed E-state index contributed by atoms with van der Waals surface area (Å²) < 4.78 is 0. The first-order valence-corrected chi connectivity index (χ1v) is 5.58. The molecule has 0 aromatic heterocycles. The molecule has 0 radical (unpaired) electrons. The quantitative estimate of drug-likeness (QED) is 0.476. The Morgan fingerprint density at radius 1 is 0.700 bits per heavy atom. The van der Waals surface area contributed by atoms with Crippen LogP contribution in [0.5, 0.6) is 0 Å². The van der Waals surface area contributed by atoms with Crippen molar-refractivity contribution in [3.8, 4) is 11.8 Å². The highest BCUT2D eigenvalue weighted by Gasteiger charge is 2.12. The second-order valence-corrected chi connectivity index (χ2v) is 3.80. The van der Waals surface area contributed by atoms with Crippen LogP contribution in [-0.2, 0) is 0 Å². The van der Waals surface area contributed by atoms with E-state index < -0.39 is 9.85 Å². The molecule has 2 aromatic rings. The van der Waals surface area contributed by atoms with Gasteiger partial charge in [-0.2, -0.15) is 0 Å². The number of benzene rings is 2. The van der Waals surface area contributed by atoms with E-state index in [2.05, 4.69) is 11.8 Å². The maximum atomic E-state index is 10.8. The molecule has 2 rings (SSSR count). The van der Waals surface area contributed by atoms with Crippen LogP contribution in [-0.4, -0.2) is 9.85 Å². The number of para-hydroxylation sites is 2. The molecule has 0 atom stereocenters. The fourth-order valence-electron chi connectivity index (χ4n) is 1.61. The molecule has 6 heteroatoms. The summed E-state index contributed by atoms with van der Waals surface area (Å²) in [5.74, 6) is 5.22. The molecule has 0 unspecified atom stereocenters. The van der Waals surface area contributed by atoms with Crippen LogP contribution >= 0.6 is 0 Å². The molecule has 0 N–H and O–H groups in total. The van der Waals surface area contributed by atoms with Crippen molar-refractivity contribution < 1.29 is 9.85 Å². The van der Waals surface area contributed by atoms with Crippen molar-refractivity contribution in [1.29, 1.82) is 0 Å². The first-order chi connectivity index (χ1) is 9.59. The van der Waals surface area contributed by atoms with Crippen LogP contribution in [0, 0.1) is 32.1 Å². The lowest BCUT2D eigenvalue weighted by Gasteiger charge is -1.95. The van der Waals surface area contributed by atoms with Gasteiger partial charge in [0.2, 0.25) is 0 Å². The highest BCUT2D eigenvalue weighted by molar-refractivity contribution is 5.57. The largest absolute Gasteiger partial charge is 0.284 e. The van der Waals surface area contributed by atoms with Gasteiger partial charge >= 0.3 is 0 Å². The van der Waals surface area contributed by atoms with Gasteiger partial charge in [-0.15, -0.1) is 0 Å². The predicted molar refractivity (Wildman–Crippen MR) is 72.2 cm³/mol. The molecule has 0 aliphatic rings. The molecule has 0 saturated heterocycles. The molecular weight excluding hydrogens is 260 g/mol. The van der Waals surface area contributed by atoms with Gasteiger partial charge in [-0.25, -0.2) is 0 Å². The van der Waals surface area contributed by atoms with E-state index in [1.54, 1.807) is 12.1 Å². The Labute approximate surface area is 114 Å². The Balaban J connectivity index is 2.47. The molecule has 0 saturated carbocycles. The van der Waals surface area contributed by atoms with Crippen molar-refractivity contribution in [3.63, 3.8) is 0 Å². The van der Waals surface area contributed by atoms with E-state index in [-0.39, 0.29) is 22.5 Å². The second-order valence-electron chi connectivity index (χ2n) is 3.80. The van der Waals surface area contributed by atoms with Crippen LogP contribution in [0.25, 0.3) is 0 Å². The zero-order chi connectivity index (χ0) is 14.5. The minimum absolute atomic E-state index is 0.126. The average Bonchev–Trinajstić information content (AvgIpc) is 2.45. The van der Waals surface area contributed by atoms with Crippen molar-refractivity contribution in [3.05, 3.63) is 79.9 Å². The maximum absolute atomic E-state index is 10.8. The average molecular weight is 268 g/mol. The van der Waals surface area contributed by atoms with E-state index in [0.29, 0.717) is 0 Å². The van der Waals surface area contributed by atoms with Crippen molar-refractivity contribution in [1.82, 2.24) is 0 Å². The molecule has 0 fully saturated rings. The highest BCUT2D eigenvalue weighted by atomic mass is 16.6. The van der Waals surface area contributed by atoms with E-state index in [1.165, 1.54) is 36.4 Å². The van der Waals surface area contributed by atoms with E-state index in [9.17, 15) is 20.2 Å². The Hall–Kier alpha value is -3.20. The minimum atomic E-state index is -0.538. The summed E-state index contributed by atoms with van der Waals surface area (Å²) in [6, 6.07) is 12.0. The summed E-state index contributed by atoms with van der Waals surface area (Å²) in [5, 5.41) is 21.7. The third kappa shape index (κ3) is 2.79. The van der Waals surface area contributed by atoms with Gasteiger partial charge in [0.1, 0.15) is 11.1 Å². The lowest BCUT2D eigenvalue weighted by atomic mass is 10.1. The molecule has 98 valence electrons. The van der Waals surface area contributed by atoms with Crippen molar-refractivity contribution >= 4 is 11.4 Å². The Morgan fingerprint density at radius 2 is 1.05 bits per heavy atom. The van der Waals surface area contributed by atoms with Gasteiger partial charge in [-0.3, -0.25) is 20.2 Å². The molecular formula is C14H8N2O4. The van der Waals surface area contributed by atoms with Gasteiger partial charge in [0, 0.05) is 12.1 Å². The fraction of sp³-hybridized carbons (Fsp3) is 0. The smallest absolute Gasteiger partial charge is 0.258 e. The van der Waals surface area contributed by atoms with Crippen LogP contribution < -0.4 is 0 Å². The van der Waals surface area contributed by atoms with Gasteiger partial charge in [0.25, 0.3) is 11.4 Å². The number of hydrogen-bond donors (Lipinski definition) is 0. The van der Waals surface area contributed by atoms with Crippen LogP contribution in [0.3, 0.4) is 0 Å². The van der Waals surface area contributed by atoms with Gasteiger partial charge < -0.3 is 0 Å². The topological polar surface area (TPSA) is 86.3 Å². The standard InChI is InChI=1S/C14H8N2O4/c17-15(18)13-7-3-1-5-11(13)9-10-12-6-2-4-8-14(12)16(19)20/h1-8H.